The Kier molecular flexibility index (Phi) is 5.63. The predicted molar refractivity (Wildman–Crippen MR) is 77.5 cm³/mol. The summed E-state index contributed by atoms with van der Waals surface area (Å²) >= 11 is 0. The van der Waals surface area contributed by atoms with Crippen molar-refractivity contribution in [2.75, 3.05) is 19.6 Å². The van der Waals surface area contributed by atoms with Crippen LogP contribution >= 0.6 is 12.4 Å². The van der Waals surface area contributed by atoms with Gasteiger partial charge in [0.15, 0.2) is 0 Å². The van der Waals surface area contributed by atoms with E-state index < -0.39 is 0 Å². The Morgan fingerprint density at radius 3 is 2.68 bits per heavy atom. The predicted octanol–water partition coefficient (Wildman–Crippen LogP) is 1.94. The van der Waals surface area contributed by atoms with E-state index in [0.717, 1.165) is 18.7 Å². The van der Waals surface area contributed by atoms with Crippen molar-refractivity contribution in [3.05, 3.63) is 29.8 Å². The Bertz CT molecular complexity index is 435. The second kappa shape index (κ2) is 6.78. The number of nitrogens with zero attached hydrogens (tertiary/aromatic N) is 1. The van der Waals surface area contributed by atoms with Crippen LogP contribution in [0.4, 0.5) is 0 Å². The number of phenols is 1. The summed E-state index contributed by atoms with van der Waals surface area (Å²) in [4.78, 5) is 14.2. The minimum atomic E-state index is -0.00444. The van der Waals surface area contributed by atoms with Gasteiger partial charge >= 0.3 is 0 Å². The average molecular weight is 285 g/mol. The molecule has 1 aromatic rings. The highest BCUT2D eigenvalue weighted by atomic mass is 35.5. The van der Waals surface area contributed by atoms with Crippen LogP contribution in [0.1, 0.15) is 25.5 Å². The van der Waals surface area contributed by atoms with Crippen LogP contribution in [-0.4, -0.2) is 35.5 Å². The van der Waals surface area contributed by atoms with Gasteiger partial charge in [-0.15, -0.1) is 12.4 Å². The van der Waals surface area contributed by atoms with Crippen molar-refractivity contribution in [2.45, 2.75) is 19.9 Å². The summed E-state index contributed by atoms with van der Waals surface area (Å²) in [5.74, 6) is 0.560. The molecule has 19 heavy (non-hydrogen) atoms. The molecule has 0 aliphatic carbocycles. The molecular formula is C14H21ClN2O2. The molecule has 0 bridgehead atoms. The number of hydrogen-bond acceptors (Lipinski definition) is 3. The molecule has 1 unspecified atom stereocenters. The third kappa shape index (κ3) is 3.39. The smallest absolute Gasteiger partial charge is 0.228 e. The molecule has 1 aliphatic heterocycles. The normalized spacial score (nSPS) is 16.1. The number of hydrogen-bond donors (Lipinski definition) is 2. The summed E-state index contributed by atoms with van der Waals surface area (Å²) in [5.41, 5.74) is 0.970. The molecule has 1 aromatic carbocycles. The Morgan fingerprint density at radius 2 is 2.21 bits per heavy atom. The van der Waals surface area contributed by atoms with Gasteiger partial charge in [0, 0.05) is 19.6 Å². The van der Waals surface area contributed by atoms with Gasteiger partial charge in [-0.05, 0) is 31.5 Å². The molecule has 0 radical (unpaired) electrons. The van der Waals surface area contributed by atoms with Gasteiger partial charge in [-0.3, -0.25) is 4.79 Å². The highest BCUT2D eigenvalue weighted by molar-refractivity contribution is 5.85. The molecule has 106 valence electrons. The number of nitrogens with one attached hydrogen (secondary N) is 1. The molecule has 1 aliphatic rings. The fourth-order valence-electron chi connectivity index (χ4n) is 2.28. The molecule has 2 rings (SSSR count). The first kappa shape index (κ1) is 15.8. The van der Waals surface area contributed by atoms with Gasteiger partial charge in [-0.1, -0.05) is 12.1 Å². The van der Waals surface area contributed by atoms with E-state index in [9.17, 15) is 9.90 Å². The monoisotopic (exact) mass is 284 g/mol. The first-order valence-electron chi connectivity index (χ1n) is 6.43. The van der Waals surface area contributed by atoms with Crippen molar-refractivity contribution >= 4 is 18.3 Å². The van der Waals surface area contributed by atoms with Crippen molar-refractivity contribution in [1.82, 2.24) is 10.2 Å². The van der Waals surface area contributed by atoms with Gasteiger partial charge in [0.2, 0.25) is 5.91 Å². The zero-order chi connectivity index (χ0) is 13.1. The molecule has 1 heterocycles. The first-order chi connectivity index (χ1) is 8.63. The second-order valence-electron chi connectivity index (χ2n) is 4.75. The molecule has 4 nitrogen and oxygen atoms in total. The Morgan fingerprint density at radius 1 is 1.53 bits per heavy atom. The topological polar surface area (TPSA) is 52.6 Å². The number of phenolic OH excluding ortho intramolecular Hbond substituents is 1. The highest BCUT2D eigenvalue weighted by Crippen LogP contribution is 2.25. The Hall–Kier alpha value is -1.26. The van der Waals surface area contributed by atoms with Crippen molar-refractivity contribution in [1.29, 1.82) is 0 Å². The van der Waals surface area contributed by atoms with E-state index in [-0.39, 0.29) is 36.0 Å². The molecular weight excluding hydrogens is 264 g/mol. The van der Waals surface area contributed by atoms with Gasteiger partial charge in [-0.2, -0.15) is 0 Å². The molecule has 0 saturated carbocycles. The maximum Gasteiger partial charge on any atom is 0.228 e. The molecule has 1 amide bonds. The lowest BCUT2D eigenvalue weighted by Gasteiger charge is -2.35. The zero-order valence-electron chi connectivity index (χ0n) is 11.3. The summed E-state index contributed by atoms with van der Waals surface area (Å²) in [6.45, 7) is 6.24. The third-order valence-electron chi connectivity index (χ3n) is 3.57. The minimum absolute atomic E-state index is 0. The van der Waals surface area contributed by atoms with E-state index in [4.69, 9.17) is 0 Å². The van der Waals surface area contributed by atoms with Gasteiger partial charge in [0.25, 0.3) is 0 Å². The maximum atomic E-state index is 12.3. The Balaban J connectivity index is 0.00000180. The largest absolute Gasteiger partial charge is 0.508 e. The second-order valence-corrected chi connectivity index (χ2v) is 4.75. The van der Waals surface area contributed by atoms with Crippen molar-refractivity contribution in [3.63, 3.8) is 0 Å². The number of carbonyl (C=O) groups excluding carboxylic acids is 1. The van der Waals surface area contributed by atoms with E-state index >= 15 is 0 Å². The van der Waals surface area contributed by atoms with Gasteiger partial charge in [-0.25, -0.2) is 0 Å². The van der Waals surface area contributed by atoms with E-state index in [1.807, 2.05) is 30.9 Å². The number of amides is 1. The number of halogens is 1. The number of aromatic hydroxyl groups is 1. The number of benzene rings is 1. The van der Waals surface area contributed by atoms with E-state index in [1.165, 1.54) is 0 Å². The zero-order valence-corrected chi connectivity index (χ0v) is 12.1. The van der Waals surface area contributed by atoms with E-state index in [2.05, 4.69) is 5.32 Å². The molecule has 5 heteroatoms. The first-order valence-corrected chi connectivity index (χ1v) is 6.43. The summed E-state index contributed by atoms with van der Waals surface area (Å²) in [6, 6.07) is 7.11. The van der Waals surface area contributed by atoms with Gasteiger partial charge in [0.05, 0.1) is 12.0 Å². The van der Waals surface area contributed by atoms with Crippen LogP contribution in [0.25, 0.3) is 0 Å². The minimum Gasteiger partial charge on any atom is -0.508 e. The summed E-state index contributed by atoms with van der Waals surface area (Å²) in [5, 5.41) is 12.6. The van der Waals surface area contributed by atoms with Gasteiger partial charge < -0.3 is 15.3 Å². The highest BCUT2D eigenvalue weighted by Gasteiger charge is 2.31. The molecule has 0 spiro atoms. The summed E-state index contributed by atoms with van der Waals surface area (Å²) < 4.78 is 0. The van der Waals surface area contributed by atoms with Crippen LogP contribution in [0.2, 0.25) is 0 Å². The van der Waals surface area contributed by atoms with Gasteiger partial charge in [0.1, 0.15) is 5.75 Å². The average Bonchev–Trinajstić information content (AvgIpc) is 2.27. The molecule has 2 N–H and O–H groups in total. The standard InChI is InChI=1S/C14H20N2O2.ClH/c1-3-16(14(18)12-8-15-9-12)10(2)11-5-4-6-13(17)7-11;/h4-7,10,12,15,17H,3,8-9H2,1-2H3;1H. The quantitative estimate of drug-likeness (QED) is 0.888. The molecule has 1 fully saturated rings. The van der Waals surface area contributed by atoms with Crippen LogP contribution in [0, 0.1) is 5.92 Å². The third-order valence-corrected chi connectivity index (χ3v) is 3.57. The number of rotatable bonds is 4. The van der Waals surface area contributed by atoms with E-state index in [1.54, 1.807) is 12.1 Å². The lowest BCUT2D eigenvalue weighted by atomic mass is 9.99. The van der Waals surface area contributed by atoms with Crippen LogP contribution in [0.5, 0.6) is 5.75 Å². The van der Waals surface area contributed by atoms with E-state index in [0.29, 0.717) is 6.54 Å². The fraction of sp³-hybridized carbons (Fsp3) is 0.500. The summed E-state index contributed by atoms with van der Waals surface area (Å²) in [6.07, 6.45) is 0. The van der Waals surface area contributed by atoms with Crippen LogP contribution < -0.4 is 5.32 Å². The van der Waals surface area contributed by atoms with Crippen LogP contribution in [0.3, 0.4) is 0 Å². The molecule has 1 saturated heterocycles. The van der Waals surface area contributed by atoms with Crippen LogP contribution in [-0.2, 0) is 4.79 Å². The van der Waals surface area contributed by atoms with Crippen LogP contribution in [0.15, 0.2) is 24.3 Å². The van der Waals surface area contributed by atoms with Crippen molar-refractivity contribution in [2.24, 2.45) is 5.92 Å². The summed E-state index contributed by atoms with van der Waals surface area (Å²) in [7, 11) is 0. The number of carbonyl (C=O) groups is 1. The lowest BCUT2D eigenvalue weighted by molar-refractivity contribution is -0.139. The van der Waals surface area contributed by atoms with Crippen molar-refractivity contribution < 1.29 is 9.90 Å². The lowest BCUT2D eigenvalue weighted by Crippen LogP contribution is -2.52. The SMILES string of the molecule is CCN(C(=O)C1CNC1)C(C)c1cccc(O)c1.Cl. The molecule has 1 atom stereocenters. The fourth-order valence-corrected chi connectivity index (χ4v) is 2.28. The van der Waals surface area contributed by atoms with Crippen molar-refractivity contribution in [3.8, 4) is 5.75 Å². The molecule has 0 aromatic heterocycles. The maximum absolute atomic E-state index is 12.3. The Labute approximate surface area is 120 Å².